The number of carbonyl (C=O) groups is 1. The topological polar surface area (TPSA) is 41.6 Å². The molecule has 0 bridgehead atoms. The maximum absolute atomic E-state index is 11.5. The number of nitrogens with one attached hydrogen (secondary N) is 1. The van der Waals surface area contributed by atoms with Crippen LogP contribution in [0, 0.1) is 0 Å². The number of likely N-dealkylation sites (tertiary alicyclic amines) is 1. The van der Waals surface area contributed by atoms with Crippen LogP contribution in [0.15, 0.2) is 0 Å². The Bertz CT molecular complexity index is 227. The predicted molar refractivity (Wildman–Crippen MR) is 55.3 cm³/mol. The molecular formula is C10H20N2O2. The normalized spacial score (nSPS) is 20.2. The fourth-order valence-electron chi connectivity index (χ4n) is 1.41. The van der Waals surface area contributed by atoms with Gasteiger partial charge in [0, 0.05) is 13.1 Å². The number of rotatable bonds is 1. The summed E-state index contributed by atoms with van der Waals surface area (Å²) in [7, 11) is 1.91. The zero-order valence-corrected chi connectivity index (χ0v) is 9.68. The van der Waals surface area contributed by atoms with Crippen molar-refractivity contribution in [1.82, 2.24) is 10.2 Å². The smallest absolute Gasteiger partial charge is 0.410 e. The van der Waals surface area contributed by atoms with Crippen molar-refractivity contribution in [3.63, 3.8) is 0 Å². The summed E-state index contributed by atoms with van der Waals surface area (Å²) < 4.78 is 5.24. The molecule has 1 fully saturated rings. The standard InChI is InChI=1S/C10H20N2O2/c1-9(2,3)14-8(13)12-6-10(4,7-12)11-5/h11H,6-7H2,1-5H3. The summed E-state index contributed by atoms with van der Waals surface area (Å²) in [5.74, 6) is 0. The van der Waals surface area contributed by atoms with E-state index in [1.165, 1.54) is 0 Å². The van der Waals surface area contributed by atoms with Crippen molar-refractivity contribution >= 4 is 6.09 Å². The van der Waals surface area contributed by atoms with Crippen LogP contribution in [0.3, 0.4) is 0 Å². The molecule has 4 heteroatoms. The SMILES string of the molecule is CNC1(C)CN(C(=O)OC(C)(C)C)C1. The fourth-order valence-corrected chi connectivity index (χ4v) is 1.41. The highest BCUT2D eigenvalue weighted by molar-refractivity contribution is 5.69. The number of hydrogen-bond donors (Lipinski definition) is 1. The molecule has 1 aliphatic rings. The summed E-state index contributed by atoms with van der Waals surface area (Å²) in [5, 5.41) is 3.18. The number of ether oxygens (including phenoxy) is 1. The molecule has 0 radical (unpaired) electrons. The third-order valence-corrected chi connectivity index (χ3v) is 2.33. The maximum Gasteiger partial charge on any atom is 0.410 e. The van der Waals surface area contributed by atoms with E-state index < -0.39 is 5.60 Å². The van der Waals surface area contributed by atoms with Crippen molar-refractivity contribution in [3.05, 3.63) is 0 Å². The summed E-state index contributed by atoms with van der Waals surface area (Å²) in [6.45, 7) is 9.16. The summed E-state index contributed by atoms with van der Waals surface area (Å²) in [6.07, 6.45) is -0.217. The van der Waals surface area contributed by atoms with E-state index in [4.69, 9.17) is 4.74 Å². The summed E-state index contributed by atoms with van der Waals surface area (Å²) in [6, 6.07) is 0. The molecule has 1 saturated heterocycles. The van der Waals surface area contributed by atoms with Crippen LogP contribution in [0.5, 0.6) is 0 Å². The quantitative estimate of drug-likeness (QED) is 0.692. The summed E-state index contributed by atoms with van der Waals surface area (Å²) >= 11 is 0. The van der Waals surface area contributed by atoms with Gasteiger partial charge in [0.15, 0.2) is 0 Å². The van der Waals surface area contributed by atoms with Crippen LogP contribution in [0.1, 0.15) is 27.7 Å². The van der Waals surface area contributed by atoms with Crippen molar-refractivity contribution in [1.29, 1.82) is 0 Å². The molecule has 0 saturated carbocycles. The van der Waals surface area contributed by atoms with E-state index in [1.807, 2.05) is 27.8 Å². The minimum Gasteiger partial charge on any atom is -0.444 e. The largest absolute Gasteiger partial charge is 0.444 e. The van der Waals surface area contributed by atoms with Gasteiger partial charge >= 0.3 is 6.09 Å². The van der Waals surface area contributed by atoms with Gasteiger partial charge in [0.25, 0.3) is 0 Å². The Morgan fingerprint density at radius 3 is 2.29 bits per heavy atom. The molecule has 0 aromatic rings. The van der Waals surface area contributed by atoms with Crippen LogP contribution < -0.4 is 5.32 Å². The van der Waals surface area contributed by atoms with Crippen molar-refractivity contribution < 1.29 is 9.53 Å². The highest BCUT2D eigenvalue weighted by Crippen LogP contribution is 2.22. The summed E-state index contributed by atoms with van der Waals surface area (Å²) in [5.41, 5.74) is -0.334. The van der Waals surface area contributed by atoms with Crippen LogP contribution in [0.4, 0.5) is 4.79 Å². The molecule has 1 rings (SSSR count). The Morgan fingerprint density at radius 2 is 1.93 bits per heavy atom. The highest BCUT2D eigenvalue weighted by atomic mass is 16.6. The van der Waals surface area contributed by atoms with Crippen LogP contribution in [-0.4, -0.2) is 42.3 Å². The molecule has 1 amide bonds. The molecule has 82 valence electrons. The Balaban J connectivity index is 2.37. The first-order valence-corrected chi connectivity index (χ1v) is 4.93. The minimum atomic E-state index is -0.400. The zero-order valence-electron chi connectivity index (χ0n) is 9.68. The molecule has 4 nitrogen and oxygen atoms in total. The van der Waals surface area contributed by atoms with Crippen molar-refractivity contribution in [2.45, 2.75) is 38.8 Å². The monoisotopic (exact) mass is 200 g/mol. The van der Waals surface area contributed by atoms with E-state index in [0.29, 0.717) is 0 Å². The lowest BCUT2D eigenvalue weighted by Gasteiger charge is -2.47. The van der Waals surface area contributed by atoms with Gasteiger partial charge < -0.3 is 15.0 Å². The van der Waals surface area contributed by atoms with E-state index in [0.717, 1.165) is 13.1 Å². The third-order valence-electron chi connectivity index (χ3n) is 2.33. The van der Waals surface area contributed by atoms with Crippen LogP contribution in [0.2, 0.25) is 0 Å². The van der Waals surface area contributed by atoms with E-state index in [1.54, 1.807) is 4.90 Å². The predicted octanol–water partition coefficient (Wildman–Crippen LogP) is 1.22. The molecule has 1 heterocycles. The van der Waals surface area contributed by atoms with Crippen molar-refractivity contribution in [2.75, 3.05) is 20.1 Å². The molecule has 1 aliphatic heterocycles. The van der Waals surface area contributed by atoms with Gasteiger partial charge in [0.1, 0.15) is 5.60 Å². The van der Waals surface area contributed by atoms with E-state index in [9.17, 15) is 4.79 Å². The number of carbonyl (C=O) groups excluding carboxylic acids is 1. The summed E-state index contributed by atoms with van der Waals surface area (Å²) in [4.78, 5) is 13.2. The molecular weight excluding hydrogens is 180 g/mol. The number of amides is 1. The third kappa shape index (κ3) is 2.61. The van der Waals surface area contributed by atoms with Crippen LogP contribution in [0.25, 0.3) is 0 Å². The molecule has 0 atom stereocenters. The van der Waals surface area contributed by atoms with Gasteiger partial charge in [-0.2, -0.15) is 0 Å². The average Bonchev–Trinajstić information content (AvgIpc) is 1.95. The van der Waals surface area contributed by atoms with Crippen LogP contribution >= 0.6 is 0 Å². The van der Waals surface area contributed by atoms with E-state index in [2.05, 4.69) is 12.2 Å². The van der Waals surface area contributed by atoms with Gasteiger partial charge in [-0.25, -0.2) is 4.79 Å². The maximum atomic E-state index is 11.5. The van der Waals surface area contributed by atoms with Gasteiger partial charge in [-0.1, -0.05) is 0 Å². The number of likely N-dealkylation sites (N-methyl/N-ethyl adjacent to an activating group) is 1. The van der Waals surface area contributed by atoms with Gasteiger partial charge in [0.05, 0.1) is 5.54 Å². The second-order valence-electron chi connectivity index (χ2n) is 5.15. The Kier molecular flexibility index (Phi) is 2.76. The van der Waals surface area contributed by atoms with Crippen LogP contribution in [-0.2, 0) is 4.74 Å². The number of nitrogens with zero attached hydrogens (tertiary/aromatic N) is 1. The minimum absolute atomic E-state index is 0.0664. The molecule has 0 aromatic carbocycles. The molecule has 0 spiro atoms. The lowest BCUT2D eigenvalue weighted by atomic mass is 9.93. The molecule has 0 unspecified atom stereocenters. The van der Waals surface area contributed by atoms with Crippen molar-refractivity contribution in [3.8, 4) is 0 Å². The second kappa shape index (κ2) is 3.42. The lowest BCUT2D eigenvalue weighted by molar-refractivity contribution is -0.0106. The Labute approximate surface area is 85.6 Å². The first kappa shape index (κ1) is 11.3. The number of hydrogen-bond acceptors (Lipinski definition) is 3. The first-order chi connectivity index (χ1) is 6.26. The van der Waals surface area contributed by atoms with Gasteiger partial charge in [0.2, 0.25) is 0 Å². The van der Waals surface area contributed by atoms with Gasteiger partial charge in [-0.05, 0) is 34.7 Å². The molecule has 1 N–H and O–H groups in total. The lowest BCUT2D eigenvalue weighted by Crippen LogP contribution is -2.68. The van der Waals surface area contributed by atoms with Gasteiger partial charge in [-0.15, -0.1) is 0 Å². The molecule has 0 aliphatic carbocycles. The zero-order chi connectivity index (χ0) is 11.0. The second-order valence-corrected chi connectivity index (χ2v) is 5.15. The Morgan fingerprint density at radius 1 is 1.43 bits per heavy atom. The first-order valence-electron chi connectivity index (χ1n) is 4.93. The van der Waals surface area contributed by atoms with Crippen molar-refractivity contribution in [2.24, 2.45) is 0 Å². The highest BCUT2D eigenvalue weighted by Gasteiger charge is 2.41. The van der Waals surface area contributed by atoms with E-state index in [-0.39, 0.29) is 11.6 Å². The Hall–Kier alpha value is -0.770. The molecule has 14 heavy (non-hydrogen) atoms. The van der Waals surface area contributed by atoms with E-state index >= 15 is 0 Å². The fraction of sp³-hybridized carbons (Fsp3) is 0.900. The van der Waals surface area contributed by atoms with Gasteiger partial charge in [-0.3, -0.25) is 0 Å². The molecule has 0 aromatic heterocycles. The average molecular weight is 200 g/mol.